The van der Waals surface area contributed by atoms with Crippen molar-refractivity contribution in [3.05, 3.63) is 30.0 Å². The minimum absolute atomic E-state index is 0.0785. The molecule has 9 nitrogen and oxygen atoms in total. The molecule has 0 spiro atoms. The summed E-state index contributed by atoms with van der Waals surface area (Å²) in [5.41, 5.74) is 1.06. The van der Waals surface area contributed by atoms with Crippen molar-refractivity contribution in [3.8, 4) is 11.9 Å². The van der Waals surface area contributed by atoms with Gasteiger partial charge in [-0.1, -0.05) is 11.3 Å². The van der Waals surface area contributed by atoms with Gasteiger partial charge in [0, 0.05) is 37.1 Å². The standard InChI is InChI=1S/C21H25N5O4S2/c1-28-18-13-16(22-20(24-18)29-2)19(27)26(7-6-25-8-10-30-11-9-25)21-23-15-5-4-14(31-3)12-17(15)32-21/h4-5,12-13H,6-11H2,1-3H3. The van der Waals surface area contributed by atoms with Crippen LogP contribution in [0.1, 0.15) is 10.5 Å². The fourth-order valence-electron chi connectivity index (χ4n) is 3.33. The van der Waals surface area contributed by atoms with Gasteiger partial charge in [0.2, 0.25) is 5.88 Å². The predicted molar refractivity (Wildman–Crippen MR) is 125 cm³/mol. The first-order valence-corrected chi connectivity index (χ1v) is 12.2. The molecule has 0 radical (unpaired) electrons. The Morgan fingerprint density at radius 3 is 2.72 bits per heavy atom. The van der Waals surface area contributed by atoms with E-state index in [1.165, 1.54) is 31.6 Å². The molecule has 1 fully saturated rings. The van der Waals surface area contributed by atoms with Crippen LogP contribution >= 0.6 is 23.1 Å². The van der Waals surface area contributed by atoms with Gasteiger partial charge in [0.1, 0.15) is 5.69 Å². The molecule has 4 rings (SSSR count). The summed E-state index contributed by atoms with van der Waals surface area (Å²) in [6.45, 7) is 4.27. The van der Waals surface area contributed by atoms with Crippen LogP contribution in [0.2, 0.25) is 0 Å². The maximum atomic E-state index is 13.6. The van der Waals surface area contributed by atoms with Crippen LogP contribution in [-0.4, -0.2) is 85.6 Å². The Labute approximate surface area is 194 Å². The largest absolute Gasteiger partial charge is 0.481 e. The van der Waals surface area contributed by atoms with E-state index in [0.29, 0.717) is 31.4 Å². The molecule has 0 atom stereocenters. The van der Waals surface area contributed by atoms with Crippen LogP contribution in [0.3, 0.4) is 0 Å². The molecule has 3 aromatic rings. The van der Waals surface area contributed by atoms with Crippen molar-refractivity contribution < 1.29 is 19.0 Å². The molecule has 170 valence electrons. The van der Waals surface area contributed by atoms with Crippen LogP contribution in [0, 0.1) is 0 Å². The summed E-state index contributed by atoms with van der Waals surface area (Å²) < 4.78 is 16.9. The Balaban J connectivity index is 1.67. The van der Waals surface area contributed by atoms with Gasteiger partial charge in [-0.05, 0) is 24.5 Å². The quantitative estimate of drug-likeness (QED) is 0.456. The normalized spacial score (nSPS) is 14.5. The van der Waals surface area contributed by atoms with E-state index in [1.54, 1.807) is 16.7 Å². The number of amides is 1. The Bertz CT molecular complexity index is 1060. The monoisotopic (exact) mass is 475 g/mol. The van der Waals surface area contributed by atoms with Gasteiger partial charge < -0.3 is 14.2 Å². The Morgan fingerprint density at radius 2 is 2.00 bits per heavy atom. The van der Waals surface area contributed by atoms with E-state index in [0.717, 1.165) is 28.2 Å². The van der Waals surface area contributed by atoms with Crippen LogP contribution < -0.4 is 14.4 Å². The lowest BCUT2D eigenvalue weighted by molar-refractivity contribution is 0.0391. The van der Waals surface area contributed by atoms with Crippen LogP contribution in [0.5, 0.6) is 11.9 Å². The van der Waals surface area contributed by atoms with Crippen molar-refractivity contribution >= 4 is 44.4 Å². The summed E-state index contributed by atoms with van der Waals surface area (Å²) in [6.07, 6.45) is 2.04. The highest BCUT2D eigenvalue weighted by Crippen LogP contribution is 2.32. The highest BCUT2D eigenvalue weighted by Gasteiger charge is 2.25. The number of benzene rings is 1. The molecule has 0 N–H and O–H groups in total. The molecule has 1 aliphatic rings. The van der Waals surface area contributed by atoms with Crippen molar-refractivity contribution in [2.24, 2.45) is 0 Å². The third-order valence-electron chi connectivity index (χ3n) is 5.10. The van der Waals surface area contributed by atoms with Gasteiger partial charge in [0.05, 0.1) is 37.6 Å². The average Bonchev–Trinajstić information content (AvgIpc) is 3.27. The van der Waals surface area contributed by atoms with Crippen LogP contribution in [-0.2, 0) is 4.74 Å². The summed E-state index contributed by atoms with van der Waals surface area (Å²) in [6, 6.07) is 7.72. The van der Waals surface area contributed by atoms with E-state index in [4.69, 9.17) is 19.2 Å². The number of carbonyl (C=O) groups excluding carboxylic acids is 1. The molecule has 11 heteroatoms. The van der Waals surface area contributed by atoms with Gasteiger partial charge in [-0.3, -0.25) is 14.6 Å². The van der Waals surface area contributed by atoms with Crippen molar-refractivity contribution in [2.75, 3.05) is 64.8 Å². The van der Waals surface area contributed by atoms with Crippen molar-refractivity contribution in [2.45, 2.75) is 4.90 Å². The zero-order valence-electron chi connectivity index (χ0n) is 18.2. The van der Waals surface area contributed by atoms with Crippen molar-refractivity contribution in [3.63, 3.8) is 0 Å². The van der Waals surface area contributed by atoms with Gasteiger partial charge >= 0.3 is 6.01 Å². The number of nitrogens with zero attached hydrogens (tertiary/aromatic N) is 5. The molecule has 1 saturated heterocycles. The topological polar surface area (TPSA) is 89.9 Å². The number of hydrogen-bond donors (Lipinski definition) is 0. The minimum Gasteiger partial charge on any atom is -0.481 e. The third kappa shape index (κ3) is 5.12. The summed E-state index contributed by atoms with van der Waals surface area (Å²) in [7, 11) is 2.94. The second kappa shape index (κ2) is 10.4. The molecule has 1 amide bonds. The first kappa shape index (κ1) is 22.7. The summed E-state index contributed by atoms with van der Waals surface area (Å²) in [5, 5.41) is 0.632. The van der Waals surface area contributed by atoms with E-state index < -0.39 is 0 Å². The number of hydrogen-bond acceptors (Lipinski definition) is 10. The Morgan fingerprint density at radius 1 is 1.19 bits per heavy atom. The van der Waals surface area contributed by atoms with E-state index in [-0.39, 0.29) is 23.5 Å². The zero-order valence-corrected chi connectivity index (χ0v) is 19.9. The molecule has 1 aromatic carbocycles. The molecule has 2 aromatic heterocycles. The maximum Gasteiger partial charge on any atom is 0.320 e. The number of morpholine rings is 1. The molecule has 1 aliphatic heterocycles. The number of thiazole rings is 1. The third-order valence-corrected chi connectivity index (χ3v) is 6.86. The van der Waals surface area contributed by atoms with E-state index in [9.17, 15) is 4.79 Å². The minimum atomic E-state index is -0.276. The first-order chi connectivity index (χ1) is 15.6. The van der Waals surface area contributed by atoms with Crippen LogP contribution in [0.15, 0.2) is 29.2 Å². The van der Waals surface area contributed by atoms with Gasteiger partial charge in [0.15, 0.2) is 5.13 Å². The second-order valence-corrected chi connectivity index (χ2v) is 8.91. The molecular weight excluding hydrogens is 450 g/mol. The molecule has 0 unspecified atom stereocenters. The number of carbonyl (C=O) groups is 1. The molecule has 3 heterocycles. The van der Waals surface area contributed by atoms with E-state index in [2.05, 4.69) is 20.9 Å². The van der Waals surface area contributed by atoms with Crippen LogP contribution in [0.25, 0.3) is 10.2 Å². The predicted octanol–water partition coefficient (Wildman–Crippen LogP) is 2.80. The molecular formula is C21H25N5O4S2. The fourth-order valence-corrected chi connectivity index (χ4v) is 4.88. The molecule has 0 saturated carbocycles. The van der Waals surface area contributed by atoms with E-state index >= 15 is 0 Å². The first-order valence-electron chi connectivity index (χ1n) is 10.1. The number of thioether (sulfide) groups is 1. The van der Waals surface area contributed by atoms with Crippen molar-refractivity contribution in [1.82, 2.24) is 19.9 Å². The number of fused-ring (bicyclic) bond motifs is 1. The lowest BCUT2D eigenvalue weighted by atomic mass is 10.3. The van der Waals surface area contributed by atoms with E-state index in [1.807, 2.05) is 18.4 Å². The summed E-state index contributed by atoms with van der Waals surface area (Å²) >= 11 is 3.17. The lowest BCUT2D eigenvalue weighted by Gasteiger charge is -2.29. The average molecular weight is 476 g/mol. The molecule has 32 heavy (non-hydrogen) atoms. The molecule has 0 bridgehead atoms. The number of aromatic nitrogens is 3. The van der Waals surface area contributed by atoms with Crippen molar-refractivity contribution in [1.29, 1.82) is 0 Å². The molecule has 0 aliphatic carbocycles. The van der Waals surface area contributed by atoms with Gasteiger partial charge in [-0.2, -0.15) is 9.97 Å². The number of anilines is 1. The number of methoxy groups -OCH3 is 2. The van der Waals surface area contributed by atoms with Crippen LogP contribution in [0.4, 0.5) is 5.13 Å². The Hall–Kier alpha value is -2.47. The smallest absolute Gasteiger partial charge is 0.320 e. The lowest BCUT2D eigenvalue weighted by Crippen LogP contribution is -2.43. The highest BCUT2D eigenvalue weighted by atomic mass is 32.2. The van der Waals surface area contributed by atoms with Gasteiger partial charge in [0.25, 0.3) is 5.91 Å². The fraction of sp³-hybridized carbons (Fsp3) is 0.429. The zero-order chi connectivity index (χ0) is 22.5. The summed E-state index contributed by atoms with van der Waals surface area (Å²) in [5.74, 6) is -0.0105. The maximum absolute atomic E-state index is 13.6. The SMILES string of the molecule is COc1cc(C(=O)N(CCN2CCOCC2)c2nc3ccc(SC)cc3s2)nc(OC)n1. The highest BCUT2D eigenvalue weighted by molar-refractivity contribution is 7.98. The number of ether oxygens (including phenoxy) is 3. The number of rotatable bonds is 8. The second-order valence-electron chi connectivity index (χ2n) is 7.02. The summed E-state index contributed by atoms with van der Waals surface area (Å²) in [4.78, 5) is 31.8. The van der Waals surface area contributed by atoms with Gasteiger partial charge in [-0.25, -0.2) is 4.98 Å². The van der Waals surface area contributed by atoms with Gasteiger partial charge in [-0.15, -0.1) is 11.8 Å². The Kier molecular flexibility index (Phi) is 7.40.